The van der Waals surface area contributed by atoms with Crippen LogP contribution >= 0.6 is 0 Å². The Morgan fingerprint density at radius 2 is 0.671 bits per heavy atom. The van der Waals surface area contributed by atoms with E-state index in [9.17, 15) is 0 Å². The van der Waals surface area contributed by atoms with E-state index < -0.39 is 0 Å². The van der Waals surface area contributed by atoms with Gasteiger partial charge >= 0.3 is 0 Å². The quantitative estimate of drug-likeness (QED) is 0.151. The highest BCUT2D eigenvalue weighted by Crippen LogP contribution is 2.51. The Kier molecular flexibility index (Phi) is 13.3. The lowest BCUT2D eigenvalue weighted by molar-refractivity contribution is 0.569. The number of hydrogen-bond donors (Lipinski definition) is 0. The summed E-state index contributed by atoms with van der Waals surface area (Å²) >= 11 is 0. The maximum absolute atomic E-state index is 2.60. The Hall–Kier alpha value is -7.16. The second-order valence-corrected chi connectivity index (χ2v) is 31.3. The van der Waals surface area contributed by atoms with Crippen LogP contribution in [-0.2, 0) is 37.9 Å². The highest BCUT2D eigenvalue weighted by atomic mass is 15.1. The van der Waals surface area contributed by atoms with Crippen LogP contribution < -0.4 is 4.90 Å². The van der Waals surface area contributed by atoms with Crippen molar-refractivity contribution in [2.24, 2.45) is 0 Å². The minimum Gasteiger partial charge on any atom is -0.309 e. The molecule has 420 valence electrons. The Labute approximate surface area is 492 Å². The van der Waals surface area contributed by atoms with Crippen molar-refractivity contribution in [3.05, 3.63) is 203 Å². The SMILES string of the molecule is CC(C)(C)c1ccc(N(c2cc(C(C)(C)C)ccc2-c2ccc(C(C)(C)C)cc2-c2cc(C(C)(C)C)cc(C(C)(C)C)c2)c2ccc3ccc4c(-n5c6ccc(C(C)(C)C)cc6c6cc(C(C)(C)C)ccc65)ccc5ccc2c3c54)cc1. The third-order valence-electron chi connectivity index (χ3n) is 17.8. The third-order valence-corrected chi connectivity index (χ3v) is 17.8. The van der Waals surface area contributed by atoms with Crippen molar-refractivity contribution in [3.63, 3.8) is 0 Å². The fraction of sp³-hybridized carbons (Fsp3) is 0.350. The van der Waals surface area contributed by atoms with Gasteiger partial charge in [0.2, 0.25) is 0 Å². The number of aromatic nitrogens is 1. The highest BCUT2D eigenvalue weighted by molar-refractivity contribution is 6.27. The van der Waals surface area contributed by atoms with Gasteiger partial charge in [-0.2, -0.15) is 0 Å². The number of fused-ring (bicyclic) bond motifs is 3. The molecule has 0 aliphatic carbocycles. The van der Waals surface area contributed by atoms with Gasteiger partial charge in [0.25, 0.3) is 0 Å². The van der Waals surface area contributed by atoms with Crippen LogP contribution in [0.15, 0.2) is 164 Å². The van der Waals surface area contributed by atoms with Crippen LogP contribution in [0.2, 0.25) is 0 Å². The van der Waals surface area contributed by atoms with Crippen LogP contribution in [0.25, 0.3) is 82.1 Å². The molecule has 11 rings (SSSR count). The molecule has 2 heteroatoms. The van der Waals surface area contributed by atoms with Crippen LogP contribution in [-0.4, -0.2) is 4.57 Å². The number of anilines is 3. The second kappa shape index (κ2) is 19.2. The molecular formula is C80H90N2. The van der Waals surface area contributed by atoms with Crippen LogP contribution in [0.5, 0.6) is 0 Å². The average molecular weight is 1080 g/mol. The lowest BCUT2D eigenvalue weighted by atomic mass is 9.77. The fourth-order valence-electron chi connectivity index (χ4n) is 12.4. The molecule has 1 aromatic heterocycles. The van der Waals surface area contributed by atoms with E-state index in [0.29, 0.717) is 0 Å². The Morgan fingerprint density at radius 1 is 0.268 bits per heavy atom. The molecule has 0 atom stereocenters. The Balaban J connectivity index is 1.22. The Morgan fingerprint density at radius 3 is 1.17 bits per heavy atom. The minimum atomic E-state index is -0.120. The molecule has 11 aromatic rings. The molecule has 0 radical (unpaired) electrons. The van der Waals surface area contributed by atoms with Gasteiger partial charge in [-0.05, 0) is 176 Å². The van der Waals surface area contributed by atoms with E-state index in [4.69, 9.17) is 0 Å². The molecule has 82 heavy (non-hydrogen) atoms. The third kappa shape index (κ3) is 10.1. The number of nitrogens with zero attached hydrogens (tertiary/aromatic N) is 2. The maximum atomic E-state index is 2.60. The predicted molar refractivity (Wildman–Crippen MR) is 361 cm³/mol. The van der Waals surface area contributed by atoms with Crippen molar-refractivity contribution in [3.8, 4) is 27.9 Å². The lowest BCUT2D eigenvalue weighted by Gasteiger charge is -2.33. The normalized spacial score (nSPS) is 13.4. The van der Waals surface area contributed by atoms with Crippen molar-refractivity contribution >= 4 is 71.2 Å². The maximum Gasteiger partial charge on any atom is 0.0543 e. The van der Waals surface area contributed by atoms with Crippen molar-refractivity contribution < 1.29 is 0 Å². The fourth-order valence-corrected chi connectivity index (χ4v) is 12.4. The van der Waals surface area contributed by atoms with E-state index in [0.717, 1.165) is 17.1 Å². The first-order valence-corrected chi connectivity index (χ1v) is 30.2. The van der Waals surface area contributed by atoms with E-state index in [1.54, 1.807) is 0 Å². The minimum absolute atomic E-state index is 0.0112. The molecule has 0 aliphatic rings. The molecule has 10 aromatic carbocycles. The summed E-state index contributed by atoms with van der Waals surface area (Å²) in [7, 11) is 0. The zero-order valence-electron chi connectivity index (χ0n) is 53.5. The number of benzene rings is 10. The Bertz CT molecular complexity index is 4170. The van der Waals surface area contributed by atoms with E-state index in [-0.39, 0.29) is 37.9 Å². The molecule has 0 fully saturated rings. The molecule has 0 amide bonds. The second-order valence-electron chi connectivity index (χ2n) is 31.3. The van der Waals surface area contributed by atoms with Crippen molar-refractivity contribution in [2.75, 3.05) is 4.90 Å². The van der Waals surface area contributed by atoms with Gasteiger partial charge in [-0.25, -0.2) is 0 Å². The zero-order chi connectivity index (χ0) is 59.2. The van der Waals surface area contributed by atoms with Gasteiger partial charge in [-0.1, -0.05) is 249 Å². The number of hydrogen-bond acceptors (Lipinski definition) is 1. The first-order chi connectivity index (χ1) is 38.1. The van der Waals surface area contributed by atoms with Crippen LogP contribution in [0, 0.1) is 0 Å². The predicted octanol–water partition coefficient (Wildman–Crippen LogP) is 23.6. The van der Waals surface area contributed by atoms with Crippen LogP contribution in [0.4, 0.5) is 17.1 Å². The highest BCUT2D eigenvalue weighted by Gasteiger charge is 2.30. The van der Waals surface area contributed by atoms with Gasteiger partial charge in [0.1, 0.15) is 0 Å². The van der Waals surface area contributed by atoms with E-state index in [1.165, 1.54) is 121 Å². The molecule has 2 nitrogen and oxygen atoms in total. The van der Waals surface area contributed by atoms with Gasteiger partial charge in [0.05, 0.1) is 28.1 Å². The molecule has 0 aliphatic heterocycles. The van der Waals surface area contributed by atoms with Gasteiger partial charge in [-0.3, -0.25) is 0 Å². The zero-order valence-corrected chi connectivity index (χ0v) is 53.5. The van der Waals surface area contributed by atoms with Crippen molar-refractivity contribution in [1.29, 1.82) is 0 Å². The summed E-state index contributed by atoms with van der Waals surface area (Å²) in [5, 5.41) is 10.1. The van der Waals surface area contributed by atoms with Gasteiger partial charge in [-0.15, -0.1) is 0 Å². The molecule has 0 bridgehead atoms. The van der Waals surface area contributed by atoms with Crippen molar-refractivity contribution in [2.45, 2.75) is 183 Å². The van der Waals surface area contributed by atoms with Gasteiger partial charge < -0.3 is 9.47 Å². The molecular weight excluding hydrogens is 989 g/mol. The van der Waals surface area contributed by atoms with Crippen LogP contribution in [0.3, 0.4) is 0 Å². The lowest BCUT2D eigenvalue weighted by Crippen LogP contribution is -2.17. The monoisotopic (exact) mass is 1080 g/mol. The number of rotatable bonds is 6. The molecule has 0 saturated carbocycles. The van der Waals surface area contributed by atoms with Crippen LogP contribution in [0.1, 0.15) is 184 Å². The first-order valence-electron chi connectivity index (χ1n) is 30.2. The first kappa shape index (κ1) is 56.7. The standard InChI is InChI=1S/C80H90N2/c1-74(2,3)52-26-32-59(33-27-52)81(71-48-56(78(13,14)15)29-37-61(71)60-36-28-53(75(4,5)6)45-64(60)51-42-57(79(16,17)18)44-58(43-51)80(19,20)21)67-38-24-49-23-35-63-68(39-25-50-22-34-62(67)72(49)73(50)63)82-69-40-30-54(76(7,8)9)46-65(69)66-47-55(77(10,11)12)31-41-70(66)82/h22-48H,1-21H3. The largest absolute Gasteiger partial charge is 0.309 e. The summed E-state index contributed by atoms with van der Waals surface area (Å²) in [5.41, 5.74) is 21.1. The van der Waals surface area contributed by atoms with E-state index in [1.807, 2.05) is 0 Å². The summed E-state index contributed by atoms with van der Waals surface area (Å²) in [6, 6.07) is 64.9. The summed E-state index contributed by atoms with van der Waals surface area (Å²) < 4.78 is 2.55. The summed E-state index contributed by atoms with van der Waals surface area (Å²) in [6.45, 7) is 49.1. The molecule has 0 N–H and O–H groups in total. The summed E-state index contributed by atoms with van der Waals surface area (Å²) in [6.07, 6.45) is 0. The van der Waals surface area contributed by atoms with Gasteiger partial charge in [0, 0.05) is 32.8 Å². The smallest absolute Gasteiger partial charge is 0.0543 e. The molecule has 0 saturated heterocycles. The molecule has 1 heterocycles. The molecule has 0 spiro atoms. The summed E-state index contributed by atoms with van der Waals surface area (Å²) in [4.78, 5) is 2.60. The summed E-state index contributed by atoms with van der Waals surface area (Å²) in [5.74, 6) is 0. The topological polar surface area (TPSA) is 8.17 Å². The van der Waals surface area contributed by atoms with E-state index in [2.05, 4.69) is 319 Å². The van der Waals surface area contributed by atoms with Crippen molar-refractivity contribution in [1.82, 2.24) is 4.57 Å². The average Bonchev–Trinajstić information content (AvgIpc) is 3.81. The van der Waals surface area contributed by atoms with Gasteiger partial charge in [0.15, 0.2) is 0 Å². The van der Waals surface area contributed by atoms with E-state index >= 15 is 0 Å². The molecule has 0 unspecified atom stereocenters.